The van der Waals surface area contributed by atoms with Crippen LogP contribution in [0, 0.1) is 0 Å². The zero-order valence-electron chi connectivity index (χ0n) is 13.7. The Morgan fingerprint density at radius 1 is 1.15 bits per heavy atom. The van der Waals surface area contributed by atoms with Crippen LogP contribution in [-0.4, -0.2) is 20.1 Å². The number of nitrogens with one attached hydrogen (secondary N) is 1. The summed E-state index contributed by atoms with van der Waals surface area (Å²) in [5, 5.41) is 7.10. The van der Waals surface area contributed by atoms with E-state index in [1.807, 2.05) is 12.1 Å². The molecule has 4 rings (SSSR count). The molecule has 1 amide bonds. The molecule has 0 atom stereocenters. The maximum absolute atomic E-state index is 12.4. The summed E-state index contributed by atoms with van der Waals surface area (Å²) in [6, 6.07) is 14.1. The number of aromatic nitrogens is 3. The molecule has 3 heterocycles. The first-order chi connectivity index (χ1) is 13.0. The van der Waals surface area contributed by atoms with Gasteiger partial charge in [0.1, 0.15) is 4.34 Å². The summed E-state index contributed by atoms with van der Waals surface area (Å²) >= 11 is 13.1. The van der Waals surface area contributed by atoms with E-state index in [9.17, 15) is 9.59 Å². The summed E-state index contributed by atoms with van der Waals surface area (Å²) in [4.78, 5) is 24.8. The van der Waals surface area contributed by atoms with Gasteiger partial charge in [-0.25, -0.2) is 9.48 Å². The Bertz CT molecular complexity index is 1210. The number of pyridine rings is 1. The van der Waals surface area contributed by atoms with Gasteiger partial charge in [0.15, 0.2) is 5.65 Å². The molecular formula is C18H12Cl2N4O2S. The van der Waals surface area contributed by atoms with Crippen molar-refractivity contribution in [1.82, 2.24) is 14.2 Å². The minimum Gasteiger partial charge on any atom is -0.322 e. The van der Waals surface area contributed by atoms with Gasteiger partial charge in [-0.3, -0.25) is 9.20 Å². The van der Waals surface area contributed by atoms with Crippen molar-refractivity contribution in [2.45, 2.75) is 6.54 Å². The van der Waals surface area contributed by atoms with Crippen LogP contribution in [0.25, 0.3) is 5.65 Å². The van der Waals surface area contributed by atoms with Gasteiger partial charge in [0, 0.05) is 11.9 Å². The van der Waals surface area contributed by atoms with Gasteiger partial charge in [-0.1, -0.05) is 41.4 Å². The molecule has 0 saturated carbocycles. The van der Waals surface area contributed by atoms with Gasteiger partial charge in [-0.15, -0.1) is 16.4 Å². The predicted octanol–water partition coefficient (Wildman–Crippen LogP) is 4.16. The minimum absolute atomic E-state index is 0.222. The number of amides is 1. The molecule has 27 heavy (non-hydrogen) atoms. The highest BCUT2D eigenvalue weighted by Gasteiger charge is 2.15. The first kappa shape index (κ1) is 17.8. The monoisotopic (exact) mass is 418 g/mol. The minimum atomic E-state index is -0.342. The number of hydrogen-bond acceptors (Lipinski definition) is 4. The smallest absolute Gasteiger partial charge is 0.322 e. The summed E-state index contributed by atoms with van der Waals surface area (Å²) in [6.07, 6.45) is 1.67. The fourth-order valence-electron chi connectivity index (χ4n) is 2.68. The summed E-state index contributed by atoms with van der Waals surface area (Å²) in [5.74, 6) is -0.342. The Morgan fingerprint density at radius 3 is 2.74 bits per heavy atom. The maximum atomic E-state index is 12.4. The quantitative estimate of drug-likeness (QED) is 0.540. The second-order valence-electron chi connectivity index (χ2n) is 5.76. The van der Waals surface area contributed by atoms with Crippen LogP contribution in [0.2, 0.25) is 8.67 Å². The fourth-order valence-corrected chi connectivity index (χ4v) is 4.14. The molecule has 0 fully saturated rings. The molecule has 1 N–H and O–H groups in total. The molecule has 1 aromatic carbocycles. The van der Waals surface area contributed by atoms with Crippen molar-refractivity contribution in [2.75, 3.05) is 5.32 Å². The van der Waals surface area contributed by atoms with Gasteiger partial charge < -0.3 is 5.32 Å². The van der Waals surface area contributed by atoms with Crippen molar-refractivity contribution in [3.8, 4) is 0 Å². The van der Waals surface area contributed by atoms with Crippen LogP contribution in [0.4, 0.5) is 5.69 Å². The number of carbonyl (C=O) groups excluding carboxylic acids is 1. The van der Waals surface area contributed by atoms with E-state index < -0.39 is 0 Å². The second-order valence-corrected chi connectivity index (χ2v) is 8.05. The molecule has 9 heteroatoms. The van der Waals surface area contributed by atoms with Crippen LogP contribution in [0.1, 0.15) is 15.9 Å². The van der Waals surface area contributed by atoms with E-state index in [0.717, 1.165) is 16.9 Å². The summed E-state index contributed by atoms with van der Waals surface area (Å²) in [6.45, 7) is 0.287. The van der Waals surface area contributed by atoms with Gasteiger partial charge in [0.2, 0.25) is 0 Å². The van der Waals surface area contributed by atoms with Crippen LogP contribution in [0.5, 0.6) is 0 Å². The Morgan fingerprint density at radius 2 is 2.00 bits per heavy atom. The lowest BCUT2D eigenvalue weighted by atomic mass is 10.2. The average Bonchev–Trinajstić information content (AvgIpc) is 3.15. The largest absolute Gasteiger partial charge is 0.350 e. The van der Waals surface area contributed by atoms with E-state index in [1.165, 1.54) is 15.1 Å². The highest BCUT2D eigenvalue weighted by atomic mass is 35.5. The molecule has 0 bridgehead atoms. The Labute approximate surface area is 167 Å². The van der Waals surface area contributed by atoms with E-state index in [2.05, 4.69) is 10.4 Å². The SMILES string of the molecule is O=C(Nc1cccc(Cn2nc3ccccn3c2=O)c1)c1cc(Cl)sc1Cl. The van der Waals surface area contributed by atoms with Gasteiger partial charge in [-0.2, -0.15) is 0 Å². The molecule has 0 aliphatic carbocycles. The molecule has 0 saturated heterocycles. The molecular weight excluding hydrogens is 407 g/mol. The topological polar surface area (TPSA) is 68.4 Å². The highest BCUT2D eigenvalue weighted by Crippen LogP contribution is 2.31. The Hall–Kier alpha value is -2.61. The van der Waals surface area contributed by atoms with Gasteiger partial charge >= 0.3 is 5.69 Å². The van der Waals surface area contributed by atoms with Crippen LogP contribution < -0.4 is 11.0 Å². The zero-order valence-corrected chi connectivity index (χ0v) is 16.1. The zero-order chi connectivity index (χ0) is 19.0. The third kappa shape index (κ3) is 3.62. The molecule has 4 aromatic rings. The molecule has 0 radical (unpaired) electrons. The molecule has 0 aliphatic rings. The van der Waals surface area contributed by atoms with E-state index in [-0.39, 0.29) is 18.1 Å². The first-order valence-corrected chi connectivity index (χ1v) is 9.48. The standard InChI is InChI=1S/C18H12Cl2N4O2S/c19-14-9-13(16(20)27-14)17(25)21-12-5-3-4-11(8-12)10-24-18(26)23-7-2-1-6-15(23)22-24/h1-9H,10H2,(H,21,25). The van der Waals surface area contributed by atoms with Crippen LogP contribution in [0.3, 0.4) is 0 Å². The van der Waals surface area contributed by atoms with Crippen molar-refractivity contribution in [3.63, 3.8) is 0 Å². The normalized spacial score (nSPS) is 11.0. The first-order valence-electron chi connectivity index (χ1n) is 7.90. The van der Waals surface area contributed by atoms with Crippen molar-refractivity contribution in [1.29, 1.82) is 0 Å². The van der Waals surface area contributed by atoms with Gasteiger partial charge in [0.25, 0.3) is 5.91 Å². The maximum Gasteiger partial charge on any atom is 0.350 e. The molecule has 136 valence electrons. The average molecular weight is 419 g/mol. The molecule has 0 spiro atoms. The number of fused-ring (bicyclic) bond motifs is 1. The van der Waals surface area contributed by atoms with E-state index in [4.69, 9.17) is 23.2 Å². The molecule has 6 nitrogen and oxygen atoms in total. The van der Waals surface area contributed by atoms with Gasteiger partial charge in [-0.05, 0) is 35.9 Å². The number of thiophene rings is 1. The summed E-state index contributed by atoms with van der Waals surface area (Å²) < 4.78 is 3.65. The summed E-state index contributed by atoms with van der Waals surface area (Å²) in [7, 11) is 0. The number of halogens is 2. The number of hydrogen-bond donors (Lipinski definition) is 1. The van der Waals surface area contributed by atoms with Crippen LogP contribution in [0.15, 0.2) is 59.5 Å². The second kappa shape index (κ2) is 7.19. The molecule has 0 unspecified atom stereocenters. The number of rotatable bonds is 4. The molecule has 3 aromatic heterocycles. The summed E-state index contributed by atoms with van der Waals surface area (Å²) in [5.41, 5.74) is 2.10. The van der Waals surface area contributed by atoms with Crippen molar-refractivity contribution in [2.24, 2.45) is 0 Å². The lowest BCUT2D eigenvalue weighted by Gasteiger charge is -2.07. The van der Waals surface area contributed by atoms with Gasteiger partial charge in [0.05, 0.1) is 16.4 Å². The number of benzene rings is 1. The number of nitrogens with zero attached hydrogens (tertiary/aromatic N) is 3. The lowest BCUT2D eigenvalue weighted by Crippen LogP contribution is -2.21. The number of carbonyl (C=O) groups is 1. The molecule has 0 aliphatic heterocycles. The van der Waals surface area contributed by atoms with Crippen molar-refractivity contribution in [3.05, 3.63) is 85.0 Å². The van der Waals surface area contributed by atoms with E-state index in [1.54, 1.807) is 36.5 Å². The third-order valence-electron chi connectivity index (χ3n) is 3.91. The Kier molecular flexibility index (Phi) is 4.73. The number of anilines is 1. The lowest BCUT2D eigenvalue weighted by molar-refractivity contribution is 0.102. The predicted molar refractivity (Wildman–Crippen MR) is 107 cm³/mol. The van der Waals surface area contributed by atoms with Crippen molar-refractivity contribution < 1.29 is 4.79 Å². The van der Waals surface area contributed by atoms with Crippen LogP contribution >= 0.6 is 34.5 Å². The van der Waals surface area contributed by atoms with Crippen molar-refractivity contribution >= 4 is 51.8 Å². The highest BCUT2D eigenvalue weighted by molar-refractivity contribution is 7.20. The fraction of sp³-hybridized carbons (Fsp3) is 0.0556. The third-order valence-corrected chi connectivity index (χ3v) is 5.39. The Balaban J connectivity index is 1.57. The van der Waals surface area contributed by atoms with E-state index >= 15 is 0 Å². The van der Waals surface area contributed by atoms with E-state index in [0.29, 0.717) is 25.6 Å². The van der Waals surface area contributed by atoms with Crippen LogP contribution in [-0.2, 0) is 6.54 Å².